The number of hydrogen-bond donors (Lipinski definition) is 0. The minimum absolute atomic E-state index is 0.132. The summed E-state index contributed by atoms with van der Waals surface area (Å²) in [6.45, 7) is 11.8. The van der Waals surface area contributed by atoms with Crippen LogP contribution in [0.2, 0.25) is 0 Å². The van der Waals surface area contributed by atoms with E-state index in [9.17, 15) is 4.79 Å². The number of carbonyl (C=O) groups is 1. The smallest absolute Gasteiger partial charge is 0.310 e. The lowest BCUT2D eigenvalue weighted by Gasteiger charge is -2.22. The van der Waals surface area contributed by atoms with E-state index in [1.807, 2.05) is 26.8 Å². The first kappa shape index (κ1) is 14.9. The first-order chi connectivity index (χ1) is 7.41. The molecule has 0 saturated carbocycles. The summed E-state index contributed by atoms with van der Waals surface area (Å²) in [5, 5.41) is 0. The number of esters is 1. The molecule has 2 heteroatoms. The molecule has 0 saturated heterocycles. The van der Waals surface area contributed by atoms with Gasteiger partial charge in [-0.25, -0.2) is 0 Å². The molecule has 0 aromatic rings. The molecule has 0 unspecified atom stereocenters. The van der Waals surface area contributed by atoms with Gasteiger partial charge in [-0.05, 0) is 18.9 Å². The third kappa shape index (κ3) is 6.44. The van der Waals surface area contributed by atoms with Gasteiger partial charge in [0.15, 0.2) is 0 Å². The summed E-state index contributed by atoms with van der Waals surface area (Å²) in [5.74, 6) is 0.612. The Kier molecular flexibility index (Phi) is 6.78. The van der Waals surface area contributed by atoms with Crippen LogP contribution in [0, 0.1) is 5.41 Å². The van der Waals surface area contributed by atoms with Crippen molar-refractivity contribution in [3.8, 4) is 0 Å². The lowest BCUT2D eigenvalue weighted by atomic mass is 9.93. The third-order valence-electron chi connectivity index (χ3n) is 2.17. The first-order valence-corrected chi connectivity index (χ1v) is 5.94. The Morgan fingerprint density at radius 1 is 1.38 bits per heavy atom. The fourth-order valence-electron chi connectivity index (χ4n) is 1.19. The first-order valence-electron chi connectivity index (χ1n) is 5.94. The number of rotatable bonds is 6. The molecule has 0 aliphatic heterocycles. The predicted molar refractivity (Wildman–Crippen MR) is 68.0 cm³/mol. The molecular weight excluding hydrogens is 200 g/mol. The molecule has 0 radical (unpaired) electrons. The topological polar surface area (TPSA) is 26.3 Å². The van der Waals surface area contributed by atoms with E-state index in [0.29, 0.717) is 6.42 Å². The monoisotopic (exact) mass is 224 g/mol. The van der Waals surface area contributed by atoms with Gasteiger partial charge in [-0.15, -0.1) is 6.58 Å². The van der Waals surface area contributed by atoms with Gasteiger partial charge in [0, 0.05) is 11.8 Å². The lowest BCUT2D eigenvalue weighted by Crippen LogP contribution is -2.16. The average Bonchev–Trinajstić information content (AvgIpc) is 2.19. The fraction of sp³-hybridized carbons (Fsp3) is 0.643. The van der Waals surface area contributed by atoms with Crippen molar-refractivity contribution in [2.75, 3.05) is 0 Å². The van der Waals surface area contributed by atoms with Gasteiger partial charge in [0.1, 0.15) is 5.76 Å². The van der Waals surface area contributed by atoms with E-state index in [-0.39, 0.29) is 11.4 Å². The Bertz CT molecular complexity index is 256. The van der Waals surface area contributed by atoms with E-state index in [2.05, 4.69) is 13.5 Å². The summed E-state index contributed by atoms with van der Waals surface area (Å²) in [4.78, 5) is 11.5. The van der Waals surface area contributed by atoms with Crippen molar-refractivity contribution < 1.29 is 9.53 Å². The third-order valence-corrected chi connectivity index (χ3v) is 2.17. The Balaban J connectivity index is 4.44. The maximum Gasteiger partial charge on any atom is 0.310 e. The zero-order chi connectivity index (χ0) is 12.6. The molecule has 0 fully saturated rings. The molecule has 0 aliphatic carbocycles. The molecule has 0 rings (SSSR count). The van der Waals surface area contributed by atoms with Crippen LogP contribution < -0.4 is 0 Å². The van der Waals surface area contributed by atoms with Crippen LogP contribution in [-0.4, -0.2) is 5.97 Å². The van der Waals surface area contributed by atoms with Crippen LogP contribution in [0.1, 0.15) is 53.4 Å². The van der Waals surface area contributed by atoms with Gasteiger partial charge in [-0.3, -0.25) is 4.79 Å². The van der Waals surface area contributed by atoms with E-state index in [1.54, 1.807) is 6.08 Å². The van der Waals surface area contributed by atoms with E-state index in [4.69, 9.17) is 4.74 Å². The molecule has 0 amide bonds. The van der Waals surface area contributed by atoms with Gasteiger partial charge in [0.05, 0.1) is 0 Å². The van der Waals surface area contributed by atoms with Crippen LogP contribution in [0.25, 0.3) is 0 Å². The van der Waals surface area contributed by atoms with Gasteiger partial charge in [-0.1, -0.05) is 40.2 Å². The van der Waals surface area contributed by atoms with Crippen molar-refractivity contribution in [2.24, 2.45) is 5.41 Å². The quantitative estimate of drug-likeness (QED) is 0.383. The van der Waals surface area contributed by atoms with E-state index in [0.717, 1.165) is 25.0 Å². The molecule has 0 N–H and O–H groups in total. The maximum absolute atomic E-state index is 11.5. The molecule has 16 heavy (non-hydrogen) atoms. The van der Waals surface area contributed by atoms with Crippen LogP contribution in [0.3, 0.4) is 0 Å². The summed E-state index contributed by atoms with van der Waals surface area (Å²) < 4.78 is 5.39. The largest absolute Gasteiger partial charge is 0.431 e. The summed E-state index contributed by atoms with van der Waals surface area (Å²) in [6, 6.07) is 0. The highest BCUT2D eigenvalue weighted by molar-refractivity contribution is 5.70. The normalized spacial score (nSPS) is 12.4. The Hall–Kier alpha value is -1.05. The van der Waals surface area contributed by atoms with Crippen molar-refractivity contribution in [1.29, 1.82) is 0 Å². The number of hydrogen-bond acceptors (Lipinski definition) is 2. The Morgan fingerprint density at radius 3 is 2.44 bits per heavy atom. The molecule has 0 aromatic carbocycles. The van der Waals surface area contributed by atoms with Crippen molar-refractivity contribution in [1.82, 2.24) is 0 Å². The molecule has 0 aliphatic rings. The van der Waals surface area contributed by atoms with Crippen molar-refractivity contribution in [2.45, 2.75) is 53.4 Å². The van der Waals surface area contributed by atoms with Crippen LogP contribution in [0.5, 0.6) is 0 Å². The molecule has 92 valence electrons. The minimum atomic E-state index is -0.134. The number of carbonyl (C=O) groups excluding carboxylic acids is 1. The molecule has 0 aromatic heterocycles. The molecule has 0 spiro atoms. The average molecular weight is 224 g/mol. The van der Waals surface area contributed by atoms with Crippen molar-refractivity contribution >= 4 is 5.97 Å². The molecule has 0 bridgehead atoms. The highest BCUT2D eigenvalue weighted by Crippen LogP contribution is 2.27. The second-order valence-electron chi connectivity index (χ2n) is 4.92. The molecular formula is C14H24O2. The molecule has 2 nitrogen and oxygen atoms in total. The van der Waals surface area contributed by atoms with Gasteiger partial charge in [0.25, 0.3) is 0 Å². The van der Waals surface area contributed by atoms with E-state index < -0.39 is 0 Å². The van der Waals surface area contributed by atoms with E-state index in [1.165, 1.54) is 0 Å². The minimum Gasteiger partial charge on any atom is -0.431 e. The zero-order valence-electron chi connectivity index (χ0n) is 11.0. The van der Waals surface area contributed by atoms with Crippen molar-refractivity contribution in [3.05, 3.63) is 24.5 Å². The zero-order valence-corrected chi connectivity index (χ0v) is 11.0. The van der Waals surface area contributed by atoms with E-state index >= 15 is 0 Å². The van der Waals surface area contributed by atoms with Crippen molar-refractivity contribution in [3.63, 3.8) is 0 Å². The Labute approximate surface area is 99.4 Å². The van der Waals surface area contributed by atoms with Gasteiger partial charge < -0.3 is 4.74 Å². The van der Waals surface area contributed by atoms with Gasteiger partial charge in [0.2, 0.25) is 0 Å². The van der Waals surface area contributed by atoms with Gasteiger partial charge >= 0.3 is 5.97 Å². The fourth-order valence-corrected chi connectivity index (χ4v) is 1.19. The number of ether oxygens (including phenoxy) is 1. The lowest BCUT2D eigenvalue weighted by molar-refractivity contribution is -0.141. The predicted octanol–water partition coefficient (Wildman–Crippen LogP) is 4.23. The summed E-state index contributed by atoms with van der Waals surface area (Å²) >= 11 is 0. The second-order valence-corrected chi connectivity index (χ2v) is 4.92. The summed E-state index contributed by atoms with van der Waals surface area (Å²) in [5.41, 5.74) is -0.134. The van der Waals surface area contributed by atoms with Gasteiger partial charge in [-0.2, -0.15) is 0 Å². The maximum atomic E-state index is 11.5. The summed E-state index contributed by atoms with van der Waals surface area (Å²) in [7, 11) is 0. The SMILES string of the molecule is C=CCC=C(OC(=O)CCCC)C(C)(C)C. The van der Waals surface area contributed by atoms with Crippen LogP contribution in [0.4, 0.5) is 0 Å². The summed E-state index contributed by atoms with van der Waals surface area (Å²) in [6.07, 6.45) is 6.85. The molecule has 0 heterocycles. The van der Waals surface area contributed by atoms with Crippen LogP contribution in [-0.2, 0) is 9.53 Å². The highest BCUT2D eigenvalue weighted by atomic mass is 16.5. The van der Waals surface area contributed by atoms with Crippen LogP contribution in [0.15, 0.2) is 24.5 Å². The standard InChI is InChI=1S/C14H24O2/c1-6-8-10-12(14(3,4)5)16-13(15)11-9-7-2/h6,10H,1,7-9,11H2,2-5H3. The van der Waals surface area contributed by atoms with Crippen LogP contribution >= 0.6 is 0 Å². The number of allylic oxidation sites excluding steroid dienone is 3. The number of unbranched alkanes of at least 4 members (excludes halogenated alkanes) is 1. The second kappa shape index (κ2) is 7.26. The highest BCUT2D eigenvalue weighted by Gasteiger charge is 2.20. The Morgan fingerprint density at radius 2 is 2.00 bits per heavy atom. The molecule has 0 atom stereocenters.